The van der Waals surface area contributed by atoms with E-state index in [9.17, 15) is 4.79 Å². The first kappa shape index (κ1) is 21.9. The first-order valence-corrected chi connectivity index (χ1v) is 11.5. The van der Waals surface area contributed by atoms with Crippen molar-refractivity contribution in [1.29, 1.82) is 0 Å². The zero-order chi connectivity index (χ0) is 23.5. The van der Waals surface area contributed by atoms with Crippen molar-refractivity contribution in [3.8, 4) is 0 Å². The maximum Gasteiger partial charge on any atom is 0.253 e. The minimum absolute atomic E-state index is 0.0591. The smallest absolute Gasteiger partial charge is 0.253 e. The second-order valence-electron chi connectivity index (χ2n) is 8.34. The lowest BCUT2D eigenvalue weighted by atomic mass is 10.1. The van der Waals surface area contributed by atoms with E-state index in [4.69, 9.17) is 15.5 Å². The number of carbonyl (C=O) groups is 1. The Bertz CT molecular complexity index is 1470. The van der Waals surface area contributed by atoms with Gasteiger partial charge in [-0.2, -0.15) is 0 Å². The number of aromatic nitrogens is 4. The van der Waals surface area contributed by atoms with Gasteiger partial charge in [-0.1, -0.05) is 36.4 Å². The van der Waals surface area contributed by atoms with E-state index in [1.807, 2.05) is 42.5 Å². The molecule has 0 fully saturated rings. The summed E-state index contributed by atoms with van der Waals surface area (Å²) in [4.78, 5) is 25.2. The molecule has 8 nitrogen and oxygen atoms in total. The number of aromatic amines is 1. The monoisotopic (exact) mass is 456 g/mol. The standard InChI is InChI=1S/C26H28N6O2/c1-34-15-12-22-31-23-24(18-9-3-5-11-21(18)30-25(23)27)32(22)14-7-6-13-28-26(33)19-16-29-20-10-4-2-8-17(19)20/h2-5,8-11,16,29H,6-7,12-15H2,1H3,(H2,27,30)(H,28,33). The van der Waals surface area contributed by atoms with Crippen molar-refractivity contribution < 1.29 is 9.53 Å². The first-order valence-electron chi connectivity index (χ1n) is 11.5. The number of hydrogen-bond acceptors (Lipinski definition) is 5. The number of imidazole rings is 1. The molecule has 0 saturated heterocycles. The molecule has 0 aliphatic carbocycles. The number of hydrogen-bond donors (Lipinski definition) is 3. The van der Waals surface area contributed by atoms with Crippen molar-refractivity contribution in [3.05, 3.63) is 66.1 Å². The Hall–Kier alpha value is -3.91. The van der Waals surface area contributed by atoms with E-state index in [0.717, 1.165) is 58.1 Å². The summed E-state index contributed by atoms with van der Waals surface area (Å²) in [6.45, 7) is 1.95. The van der Waals surface area contributed by atoms with Gasteiger partial charge >= 0.3 is 0 Å². The van der Waals surface area contributed by atoms with Gasteiger partial charge in [0.1, 0.15) is 11.3 Å². The molecule has 4 N–H and O–H groups in total. The Morgan fingerprint density at radius 1 is 1.09 bits per heavy atom. The molecule has 1 amide bonds. The summed E-state index contributed by atoms with van der Waals surface area (Å²) in [5.74, 6) is 1.32. The molecule has 0 spiro atoms. The average molecular weight is 457 g/mol. The number of amides is 1. The second kappa shape index (κ2) is 9.52. The molecule has 0 aliphatic rings. The second-order valence-corrected chi connectivity index (χ2v) is 8.34. The summed E-state index contributed by atoms with van der Waals surface area (Å²) in [7, 11) is 1.69. The molecule has 3 heterocycles. The summed E-state index contributed by atoms with van der Waals surface area (Å²) in [6, 6.07) is 15.8. The lowest BCUT2D eigenvalue weighted by molar-refractivity contribution is 0.0954. The molecule has 0 atom stereocenters. The minimum atomic E-state index is -0.0591. The van der Waals surface area contributed by atoms with Gasteiger partial charge in [0, 0.05) is 49.1 Å². The van der Waals surface area contributed by atoms with Crippen LogP contribution in [0.2, 0.25) is 0 Å². The van der Waals surface area contributed by atoms with Gasteiger partial charge in [0.25, 0.3) is 5.91 Å². The van der Waals surface area contributed by atoms with Gasteiger partial charge in [0.05, 0.1) is 23.2 Å². The van der Waals surface area contributed by atoms with Crippen LogP contribution in [0.3, 0.4) is 0 Å². The SMILES string of the molecule is COCCc1nc2c(N)nc3ccccc3c2n1CCCCNC(=O)c1c[nH]c2ccccc12. The van der Waals surface area contributed by atoms with Crippen molar-refractivity contribution in [2.24, 2.45) is 0 Å². The maximum absolute atomic E-state index is 12.7. The average Bonchev–Trinajstić information content (AvgIpc) is 3.45. The highest BCUT2D eigenvalue weighted by molar-refractivity contribution is 6.07. The van der Waals surface area contributed by atoms with Crippen molar-refractivity contribution in [1.82, 2.24) is 24.8 Å². The number of nitrogens with one attached hydrogen (secondary N) is 2. The summed E-state index contributed by atoms with van der Waals surface area (Å²) in [6.07, 6.45) is 4.19. The van der Waals surface area contributed by atoms with Crippen LogP contribution in [0.25, 0.3) is 32.8 Å². The molecule has 5 aromatic rings. The van der Waals surface area contributed by atoms with Crippen LogP contribution in [-0.2, 0) is 17.7 Å². The fourth-order valence-electron chi connectivity index (χ4n) is 4.48. The van der Waals surface area contributed by atoms with E-state index in [1.165, 1.54) is 0 Å². The van der Waals surface area contributed by atoms with Gasteiger partial charge in [-0.05, 0) is 25.0 Å². The number of para-hydroxylation sites is 2. The Balaban J connectivity index is 1.31. The van der Waals surface area contributed by atoms with Crippen LogP contribution in [-0.4, -0.2) is 45.7 Å². The Morgan fingerprint density at radius 2 is 1.88 bits per heavy atom. The molecule has 0 bridgehead atoms. The Labute approximate surface area is 197 Å². The number of fused-ring (bicyclic) bond motifs is 4. The number of ether oxygens (including phenoxy) is 1. The molecule has 3 aromatic heterocycles. The molecule has 0 unspecified atom stereocenters. The molecular formula is C26H28N6O2. The molecule has 174 valence electrons. The normalized spacial score (nSPS) is 11.6. The zero-order valence-electron chi connectivity index (χ0n) is 19.2. The van der Waals surface area contributed by atoms with Gasteiger partial charge < -0.3 is 25.3 Å². The number of benzene rings is 2. The first-order chi connectivity index (χ1) is 16.7. The summed E-state index contributed by atoms with van der Waals surface area (Å²) < 4.78 is 7.53. The highest BCUT2D eigenvalue weighted by Gasteiger charge is 2.17. The number of rotatable bonds is 9. The van der Waals surface area contributed by atoms with E-state index in [2.05, 4.69) is 25.9 Å². The lowest BCUT2D eigenvalue weighted by Crippen LogP contribution is -2.24. The van der Waals surface area contributed by atoms with Crippen LogP contribution >= 0.6 is 0 Å². The van der Waals surface area contributed by atoms with Crippen molar-refractivity contribution in [3.63, 3.8) is 0 Å². The number of unbranched alkanes of at least 4 members (excludes halogenated alkanes) is 1. The third-order valence-electron chi connectivity index (χ3n) is 6.15. The molecule has 0 saturated carbocycles. The topological polar surface area (TPSA) is 111 Å². The molecule has 0 aliphatic heterocycles. The van der Waals surface area contributed by atoms with Crippen molar-refractivity contribution >= 4 is 44.6 Å². The number of methoxy groups -OCH3 is 1. The van der Waals surface area contributed by atoms with Gasteiger partial charge in [-0.25, -0.2) is 9.97 Å². The fraction of sp³-hybridized carbons (Fsp3) is 0.269. The van der Waals surface area contributed by atoms with E-state index >= 15 is 0 Å². The van der Waals surface area contributed by atoms with E-state index in [0.29, 0.717) is 31.0 Å². The third-order valence-corrected chi connectivity index (χ3v) is 6.15. The van der Waals surface area contributed by atoms with Crippen LogP contribution in [0.5, 0.6) is 0 Å². The number of nitrogen functional groups attached to an aromatic ring is 1. The lowest BCUT2D eigenvalue weighted by Gasteiger charge is -2.11. The number of pyridine rings is 1. The number of anilines is 1. The molecule has 0 radical (unpaired) electrons. The minimum Gasteiger partial charge on any atom is -0.384 e. The maximum atomic E-state index is 12.7. The van der Waals surface area contributed by atoms with E-state index < -0.39 is 0 Å². The molecule has 8 heteroatoms. The van der Waals surface area contributed by atoms with Gasteiger partial charge in [0.2, 0.25) is 0 Å². The highest BCUT2D eigenvalue weighted by atomic mass is 16.5. The largest absolute Gasteiger partial charge is 0.384 e. The molecule has 34 heavy (non-hydrogen) atoms. The molecule has 2 aromatic carbocycles. The number of nitrogens with zero attached hydrogens (tertiary/aromatic N) is 3. The quantitative estimate of drug-likeness (QED) is 0.290. The van der Waals surface area contributed by atoms with Crippen LogP contribution in [0.15, 0.2) is 54.7 Å². The third kappa shape index (κ3) is 4.08. The van der Waals surface area contributed by atoms with Crippen LogP contribution in [0.4, 0.5) is 5.82 Å². The van der Waals surface area contributed by atoms with E-state index in [1.54, 1.807) is 13.3 Å². The molecular weight excluding hydrogens is 428 g/mol. The highest BCUT2D eigenvalue weighted by Crippen LogP contribution is 2.29. The van der Waals surface area contributed by atoms with Gasteiger partial charge in [-0.3, -0.25) is 4.79 Å². The summed E-state index contributed by atoms with van der Waals surface area (Å²) >= 11 is 0. The summed E-state index contributed by atoms with van der Waals surface area (Å²) in [5, 5.41) is 5.02. The fourth-order valence-corrected chi connectivity index (χ4v) is 4.48. The summed E-state index contributed by atoms with van der Waals surface area (Å²) in [5.41, 5.74) is 10.5. The number of carbonyl (C=O) groups excluding carboxylic acids is 1. The van der Waals surface area contributed by atoms with Crippen LogP contribution in [0.1, 0.15) is 29.0 Å². The van der Waals surface area contributed by atoms with Crippen LogP contribution in [0, 0.1) is 0 Å². The van der Waals surface area contributed by atoms with Crippen LogP contribution < -0.4 is 11.1 Å². The molecule has 5 rings (SSSR count). The Kier molecular flexibility index (Phi) is 6.14. The number of H-pyrrole nitrogens is 1. The number of nitrogens with two attached hydrogens (primary N) is 1. The zero-order valence-corrected chi connectivity index (χ0v) is 19.2. The van der Waals surface area contributed by atoms with Crippen molar-refractivity contribution in [2.75, 3.05) is 26.0 Å². The Morgan fingerprint density at radius 3 is 2.74 bits per heavy atom. The number of aryl methyl sites for hydroxylation is 1. The predicted molar refractivity (Wildman–Crippen MR) is 135 cm³/mol. The van der Waals surface area contributed by atoms with Crippen molar-refractivity contribution in [2.45, 2.75) is 25.8 Å². The van der Waals surface area contributed by atoms with Gasteiger partial charge in [-0.15, -0.1) is 0 Å². The van der Waals surface area contributed by atoms with Gasteiger partial charge in [0.15, 0.2) is 5.82 Å². The van der Waals surface area contributed by atoms with E-state index in [-0.39, 0.29) is 5.91 Å². The predicted octanol–water partition coefficient (Wildman–Crippen LogP) is 4.05.